The maximum Gasteiger partial charge on any atom is 0.303 e. The highest BCUT2D eigenvalue weighted by Gasteiger charge is 2.25. The van der Waals surface area contributed by atoms with Crippen LogP contribution < -0.4 is 9.47 Å². The third kappa shape index (κ3) is 5.13. The predicted octanol–water partition coefficient (Wildman–Crippen LogP) is 5.11. The summed E-state index contributed by atoms with van der Waals surface area (Å²) in [5.74, 6) is 1.61. The van der Waals surface area contributed by atoms with Gasteiger partial charge in [-0.2, -0.15) is 0 Å². The average Bonchev–Trinajstić information content (AvgIpc) is 3.20. The topological polar surface area (TPSA) is 77.4 Å². The van der Waals surface area contributed by atoms with E-state index in [9.17, 15) is 4.79 Å². The summed E-state index contributed by atoms with van der Waals surface area (Å²) in [6.45, 7) is 2.60. The Bertz CT molecular complexity index is 1030. The molecule has 0 radical (unpaired) electrons. The van der Waals surface area contributed by atoms with Crippen LogP contribution >= 0.6 is 0 Å². The molecule has 2 atom stereocenters. The van der Waals surface area contributed by atoms with Crippen molar-refractivity contribution >= 4 is 11.9 Å². The number of rotatable bonds is 9. The molecule has 0 aromatic heterocycles. The molecule has 32 heavy (non-hydrogen) atoms. The monoisotopic (exact) mass is 435 g/mol. The van der Waals surface area contributed by atoms with Gasteiger partial charge < -0.3 is 19.3 Å². The van der Waals surface area contributed by atoms with Gasteiger partial charge in [0, 0.05) is 17.7 Å². The summed E-state index contributed by atoms with van der Waals surface area (Å²) < 4.78 is 17.3. The molecule has 1 heterocycles. The van der Waals surface area contributed by atoms with Crippen molar-refractivity contribution in [2.75, 3.05) is 13.7 Å². The Balaban J connectivity index is 1.39. The number of carboxylic acids is 1. The lowest BCUT2D eigenvalue weighted by atomic mass is 9.98. The van der Waals surface area contributed by atoms with Crippen LogP contribution in [0.1, 0.15) is 55.2 Å². The van der Waals surface area contributed by atoms with E-state index in [0.29, 0.717) is 18.9 Å². The number of nitrogens with zero attached hydrogens (tertiary/aromatic N) is 1. The summed E-state index contributed by atoms with van der Waals surface area (Å²) in [5, 5.41) is 9.09. The van der Waals surface area contributed by atoms with Crippen LogP contribution in [-0.2, 0) is 16.0 Å². The lowest BCUT2D eigenvalue weighted by Gasteiger charge is -2.22. The van der Waals surface area contributed by atoms with Crippen LogP contribution in [0.5, 0.6) is 11.5 Å². The molecule has 1 aliphatic carbocycles. The molecule has 0 fully saturated rings. The zero-order chi connectivity index (χ0) is 22.5. The molecule has 2 aliphatic rings. The van der Waals surface area contributed by atoms with Gasteiger partial charge >= 0.3 is 5.97 Å². The van der Waals surface area contributed by atoms with Gasteiger partial charge in [0.05, 0.1) is 20.1 Å². The molecule has 2 unspecified atom stereocenters. The second kappa shape index (κ2) is 9.90. The normalized spacial score (nSPS) is 19.4. The van der Waals surface area contributed by atoms with Crippen molar-refractivity contribution in [1.82, 2.24) is 0 Å². The van der Waals surface area contributed by atoms with E-state index >= 15 is 0 Å². The van der Waals surface area contributed by atoms with Gasteiger partial charge in [-0.15, -0.1) is 0 Å². The van der Waals surface area contributed by atoms with Crippen LogP contribution in [-0.4, -0.2) is 36.8 Å². The van der Waals surface area contributed by atoms with E-state index in [2.05, 4.69) is 19.1 Å². The number of ether oxygens (including phenoxy) is 3. The van der Waals surface area contributed by atoms with Crippen molar-refractivity contribution < 1.29 is 24.1 Å². The Hall–Kier alpha value is -3.28. The van der Waals surface area contributed by atoms with Gasteiger partial charge in [-0.1, -0.05) is 13.0 Å². The third-order valence-corrected chi connectivity index (χ3v) is 5.99. The fourth-order valence-electron chi connectivity index (χ4n) is 4.26. The lowest BCUT2D eigenvalue weighted by molar-refractivity contribution is -0.137. The summed E-state index contributed by atoms with van der Waals surface area (Å²) in [6.07, 6.45) is 5.58. The summed E-state index contributed by atoms with van der Waals surface area (Å²) in [7, 11) is 1.65. The quantitative estimate of drug-likeness (QED) is 0.592. The van der Waals surface area contributed by atoms with Crippen LogP contribution in [0.4, 0.5) is 0 Å². The maximum atomic E-state index is 11.1. The molecule has 0 spiro atoms. The van der Waals surface area contributed by atoms with Crippen molar-refractivity contribution in [2.45, 2.75) is 51.0 Å². The first-order valence-corrected chi connectivity index (χ1v) is 11.1. The summed E-state index contributed by atoms with van der Waals surface area (Å²) in [6, 6.07) is 13.7. The van der Waals surface area contributed by atoms with Gasteiger partial charge in [0.25, 0.3) is 0 Å². The fraction of sp³-hybridized carbons (Fsp3) is 0.385. The molecule has 6 nitrogen and oxygen atoms in total. The SMILES string of the molecule is CCC1C=C(CCOc2ccc3c(c2)CCC3CC(=O)O)N=C(c2ccc(OC)cc2)O1. The predicted molar refractivity (Wildman–Crippen MR) is 123 cm³/mol. The van der Waals surface area contributed by atoms with Crippen molar-refractivity contribution in [1.29, 1.82) is 0 Å². The van der Waals surface area contributed by atoms with E-state index in [1.54, 1.807) is 7.11 Å². The van der Waals surface area contributed by atoms with E-state index in [1.165, 1.54) is 5.56 Å². The van der Waals surface area contributed by atoms with E-state index in [1.807, 2.05) is 36.4 Å². The highest BCUT2D eigenvalue weighted by Crippen LogP contribution is 2.37. The number of carbonyl (C=O) groups is 1. The number of carboxylic acid groups (broad SMARTS) is 1. The molecule has 1 aliphatic heterocycles. The minimum atomic E-state index is -0.743. The zero-order valence-corrected chi connectivity index (χ0v) is 18.5. The van der Waals surface area contributed by atoms with Crippen LogP contribution in [0.25, 0.3) is 0 Å². The van der Waals surface area contributed by atoms with E-state index in [4.69, 9.17) is 24.3 Å². The first-order chi connectivity index (χ1) is 15.6. The number of benzene rings is 2. The molecular formula is C26H29NO5. The molecule has 168 valence electrons. The molecule has 2 aromatic carbocycles. The Morgan fingerprint density at radius 2 is 1.97 bits per heavy atom. The summed E-state index contributed by atoms with van der Waals surface area (Å²) >= 11 is 0. The maximum absolute atomic E-state index is 11.1. The number of hydrogen-bond acceptors (Lipinski definition) is 5. The second-order valence-corrected chi connectivity index (χ2v) is 8.16. The van der Waals surface area contributed by atoms with Crippen molar-refractivity contribution in [2.24, 2.45) is 4.99 Å². The molecule has 0 amide bonds. The Morgan fingerprint density at radius 1 is 1.19 bits per heavy atom. The van der Waals surface area contributed by atoms with E-state index < -0.39 is 5.97 Å². The number of aliphatic imine (C=N–C) groups is 1. The van der Waals surface area contributed by atoms with Crippen molar-refractivity contribution in [3.63, 3.8) is 0 Å². The molecular weight excluding hydrogens is 406 g/mol. The van der Waals surface area contributed by atoms with Crippen molar-refractivity contribution in [3.05, 3.63) is 70.9 Å². The Morgan fingerprint density at radius 3 is 2.69 bits per heavy atom. The highest BCUT2D eigenvalue weighted by atomic mass is 16.5. The van der Waals surface area contributed by atoms with Crippen LogP contribution in [0.2, 0.25) is 0 Å². The van der Waals surface area contributed by atoms with Gasteiger partial charge in [0.1, 0.15) is 17.6 Å². The third-order valence-electron chi connectivity index (χ3n) is 5.99. The number of aryl methyl sites for hydroxylation is 1. The Labute approximate surface area is 188 Å². The molecule has 4 rings (SSSR count). The molecule has 0 saturated heterocycles. The minimum Gasteiger partial charge on any atom is -0.497 e. The van der Waals surface area contributed by atoms with Gasteiger partial charge in [-0.3, -0.25) is 4.79 Å². The highest BCUT2D eigenvalue weighted by molar-refractivity contribution is 5.95. The average molecular weight is 436 g/mol. The summed E-state index contributed by atoms with van der Waals surface area (Å²) in [5.41, 5.74) is 4.22. The lowest BCUT2D eigenvalue weighted by Crippen LogP contribution is -2.21. The molecule has 1 N–H and O–H groups in total. The van der Waals surface area contributed by atoms with E-state index in [-0.39, 0.29) is 18.4 Å². The van der Waals surface area contributed by atoms with E-state index in [0.717, 1.165) is 47.6 Å². The van der Waals surface area contributed by atoms with Gasteiger partial charge in [0.15, 0.2) is 0 Å². The van der Waals surface area contributed by atoms with Gasteiger partial charge in [-0.05, 0) is 78.8 Å². The van der Waals surface area contributed by atoms with Gasteiger partial charge in [-0.25, -0.2) is 4.99 Å². The fourth-order valence-corrected chi connectivity index (χ4v) is 4.26. The zero-order valence-electron chi connectivity index (χ0n) is 18.5. The second-order valence-electron chi connectivity index (χ2n) is 8.16. The van der Waals surface area contributed by atoms with Crippen LogP contribution in [0.15, 0.2) is 59.2 Å². The smallest absolute Gasteiger partial charge is 0.303 e. The number of aliphatic carboxylic acids is 1. The minimum absolute atomic E-state index is 0.00855. The summed E-state index contributed by atoms with van der Waals surface area (Å²) in [4.78, 5) is 15.8. The first-order valence-electron chi connectivity index (χ1n) is 11.1. The van der Waals surface area contributed by atoms with Crippen LogP contribution in [0.3, 0.4) is 0 Å². The molecule has 0 saturated carbocycles. The van der Waals surface area contributed by atoms with Crippen molar-refractivity contribution in [3.8, 4) is 11.5 Å². The molecule has 2 aromatic rings. The molecule has 6 heteroatoms. The largest absolute Gasteiger partial charge is 0.497 e. The number of fused-ring (bicyclic) bond motifs is 1. The molecule has 0 bridgehead atoms. The first kappa shape index (κ1) is 21.9. The van der Waals surface area contributed by atoms with Gasteiger partial charge in [0.2, 0.25) is 5.90 Å². The Kier molecular flexibility index (Phi) is 6.78. The standard InChI is InChI=1S/C26H29NO5/c1-3-21-16-20(27-26(32-21)17-6-8-22(30-2)9-7-17)12-13-31-23-10-11-24-18(14-23)4-5-19(24)15-25(28)29/h6-11,14,16,19,21H,3-5,12-13,15H2,1-2H3,(H,28,29). The number of methoxy groups -OCH3 is 1. The van der Waals surface area contributed by atoms with Crippen LogP contribution in [0, 0.1) is 0 Å². The number of hydrogen-bond donors (Lipinski definition) is 1.